The van der Waals surface area contributed by atoms with E-state index < -0.39 is 0 Å². The number of amides is 1. The summed E-state index contributed by atoms with van der Waals surface area (Å²) in [7, 11) is 1.64. The van der Waals surface area contributed by atoms with Crippen molar-refractivity contribution in [3.63, 3.8) is 0 Å². The van der Waals surface area contributed by atoms with Crippen LogP contribution in [0.25, 0.3) is 0 Å². The molecule has 0 aliphatic heterocycles. The van der Waals surface area contributed by atoms with E-state index in [0.29, 0.717) is 24.8 Å². The number of carbonyl (C=O) groups excluding carboxylic acids is 1. The van der Waals surface area contributed by atoms with Crippen LogP contribution in [0.3, 0.4) is 0 Å². The molecule has 0 heterocycles. The molecule has 0 aliphatic carbocycles. The molecule has 0 bridgehead atoms. The molecule has 0 aromatic rings. The second-order valence-electron chi connectivity index (χ2n) is 4.21. The van der Waals surface area contributed by atoms with E-state index in [1.807, 2.05) is 27.7 Å². The third kappa shape index (κ3) is 6.16. The normalized spacial score (nSPS) is 13.6. The summed E-state index contributed by atoms with van der Waals surface area (Å²) < 4.78 is 5.00. The zero-order valence-corrected chi connectivity index (χ0v) is 12.8. The molecule has 1 amide bonds. The molecule has 6 heteroatoms. The van der Waals surface area contributed by atoms with Crippen LogP contribution in [0.5, 0.6) is 0 Å². The van der Waals surface area contributed by atoms with E-state index in [4.69, 9.17) is 17.0 Å². The van der Waals surface area contributed by atoms with Gasteiger partial charge in [-0.2, -0.15) is 0 Å². The van der Waals surface area contributed by atoms with Crippen LogP contribution in [-0.4, -0.2) is 54.8 Å². The minimum absolute atomic E-state index is 0.0588. The number of methoxy groups -OCH3 is 1. The van der Waals surface area contributed by atoms with Crippen LogP contribution in [0.2, 0.25) is 0 Å². The van der Waals surface area contributed by atoms with Crippen molar-refractivity contribution >= 4 is 23.2 Å². The summed E-state index contributed by atoms with van der Waals surface area (Å²) in [5, 5.41) is 6.54. The van der Waals surface area contributed by atoms with E-state index >= 15 is 0 Å². The van der Waals surface area contributed by atoms with Crippen molar-refractivity contribution in [2.45, 2.75) is 39.8 Å². The molecule has 0 saturated heterocycles. The SMILES string of the molecule is CCN(CC)C(=O)C(C)NC(=S)NC(C)COC. The number of ether oxygens (including phenoxy) is 1. The number of carbonyl (C=O) groups is 1. The molecule has 2 N–H and O–H groups in total. The highest BCUT2D eigenvalue weighted by Gasteiger charge is 2.18. The lowest BCUT2D eigenvalue weighted by molar-refractivity contribution is -0.132. The number of thiocarbonyl (C=S) groups is 1. The van der Waals surface area contributed by atoms with Crippen LogP contribution in [0, 0.1) is 0 Å². The van der Waals surface area contributed by atoms with Gasteiger partial charge in [0.1, 0.15) is 6.04 Å². The van der Waals surface area contributed by atoms with Crippen molar-refractivity contribution in [2.24, 2.45) is 0 Å². The van der Waals surface area contributed by atoms with Gasteiger partial charge in [-0.05, 0) is 39.9 Å². The average molecular weight is 275 g/mol. The number of hydrogen-bond acceptors (Lipinski definition) is 3. The maximum atomic E-state index is 12.0. The number of nitrogens with one attached hydrogen (secondary N) is 2. The van der Waals surface area contributed by atoms with Gasteiger partial charge in [0.05, 0.1) is 6.61 Å². The first-order valence-corrected chi connectivity index (χ1v) is 6.71. The minimum atomic E-state index is -0.320. The summed E-state index contributed by atoms with van der Waals surface area (Å²) in [4.78, 5) is 13.8. The molecule has 106 valence electrons. The molecular weight excluding hydrogens is 250 g/mol. The Morgan fingerprint density at radius 1 is 1.28 bits per heavy atom. The Balaban J connectivity index is 4.18. The monoisotopic (exact) mass is 275 g/mol. The van der Waals surface area contributed by atoms with Gasteiger partial charge < -0.3 is 20.3 Å². The zero-order valence-electron chi connectivity index (χ0n) is 11.9. The van der Waals surface area contributed by atoms with Crippen LogP contribution in [0.15, 0.2) is 0 Å². The predicted octanol–water partition coefficient (Wildman–Crippen LogP) is 0.742. The van der Waals surface area contributed by atoms with Gasteiger partial charge in [-0.25, -0.2) is 0 Å². The highest BCUT2D eigenvalue weighted by Crippen LogP contribution is 1.95. The largest absolute Gasteiger partial charge is 0.383 e. The second kappa shape index (κ2) is 9.10. The third-order valence-electron chi connectivity index (χ3n) is 2.59. The maximum Gasteiger partial charge on any atom is 0.244 e. The van der Waals surface area contributed by atoms with Crippen molar-refractivity contribution in [1.82, 2.24) is 15.5 Å². The molecule has 0 spiro atoms. The summed E-state index contributed by atoms with van der Waals surface area (Å²) in [6, 6.07) is -0.203. The molecule has 0 fully saturated rings. The Labute approximate surface area is 115 Å². The van der Waals surface area contributed by atoms with Crippen molar-refractivity contribution in [3.8, 4) is 0 Å². The maximum absolute atomic E-state index is 12.0. The lowest BCUT2D eigenvalue weighted by Crippen LogP contribution is -2.51. The van der Waals surface area contributed by atoms with Crippen LogP contribution in [0.1, 0.15) is 27.7 Å². The fraction of sp³-hybridized carbons (Fsp3) is 0.833. The van der Waals surface area contributed by atoms with Crippen molar-refractivity contribution in [2.75, 3.05) is 26.8 Å². The van der Waals surface area contributed by atoms with Crippen LogP contribution in [-0.2, 0) is 9.53 Å². The Hall–Kier alpha value is -0.880. The van der Waals surface area contributed by atoms with Gasteiger partial charge >= 0.3 is 0 Å². The van der Waals surface area contributed by atoms with E-state index in [-0.39, 0.29) is 18.0 Å². The Bertz CT molecular complexity index is 270. The Morgan fingerprint density at radius 2 is 1.83 bits per heavy atom. The van der Waals surface area contributed by atoms with E-state index in [9.17, 15) is 4.79 Å². The molecule has 2 unspecified atom stereocenters. The molecule has 2 atom stereocenters. The van der Waals surface area contributed by atoms with Gasteiger partial charge in [0.15, 0.2) is 5.11 Å². The van der Waals surface area contributed by atoms with Crippen LogP contribution in [0.4, 0.5) is 0 Å². The van der Waals surface area contributed by atoms with E-state index in [1.165, 1.54) is 0 Å². The first-order valence-electron chi connectivity index (χ1n) is 6.30. The Morgan fingerprint density at radius 3 is 2.28 bits per heavy atom. The summed E-state index contributed by atoms with van der Waals surface area (Å²) >= 11 is 5.15. The molecule has 0 radical (unpaired) electrons. The number of hydrogen-bond donors (Lipinski definition) is 2. The van der Waals surface area contributed by atoms with Crippen LogP contribution >= 0.6 is 12.2 Å². The molecule has 0 aromatic carbocycles. The molecule has 0 aliphatic rings. The van der Waals surface area contributed by atoms with Gasteiger partial charge in [0.25, 0.3) is 0 Å². The number of nitrogens with zero attached hydrogens (tertiary/aromatic N) is 1. The van der Waals surface area contributed by atoms with Gasteiger partial charge in [0, 0.05) is 26.2 Å². The summed E-state index contributed by atoms with van der Waals surface area (Å²) in [5.74, 6) is 0.0588. The minimum Gasteiger partial charge on any atom is -0.383 e. The van der Waals surface area contributed by atoms with Crippen molar-refractivity contribution < 1.29 is 9.53 Å². The molecule has 0 aromatic heterocycles. The molecular formula is C12H25N3O2S. The van der Waals surface area contributed by atoms with Crippen molar-refractivity contribution in [3.05, 3.63) is 0 Å². The molecule has 5 nitrogen and oxygen atoms in total. The first-order chi connectivity index (χ1) is 8.46. The van der Waals surface area contributed by atoms with E-state index in [0.717, 1.165) is 0 Å². The molecule has 0 rings (SSSR count). The fourth-order valence-electron chi connectivity index (χ4n) is 1.62. The molecule has 0 saturated carbocycles. The molecule has 18 heavy (non-hydrogen) atoms. The zero-order chi connectivity index (χ0) is 14.1. The Kier molecular flexibility index (Phi) is 8.66. The number of rotatable bonds is 7. The smallest absolute Gasteiger partial charge is 0.244 e. The topological polar surface area (TPSA) is 53.6 Å². The standard InChI is InChI=1S/C12H25N3O2S/c1-6-15(7-2)11(16)10(4)14-12(18)13-9(3)8-17-5/h9-10H,6-8H2,1-5H3,(H2,13,14,18). The lowest BCUT2D eigenvalue weighted by atomic mass is 10.3. The van der Waals surface area contributed by atoms with Gasteiger partial charge in [-0.1, -0.05) is 0 Å². The van der Waals surface area contributed by atoms with Gasteiger partial charge in [-0.15, -0.1) is 0 Å². The van der Waals surface area contributed by atoms with Crippen molar-refractivity contribution in [1.29, 1.82) is 0 Å². The highest BCUT2D eigenvalue weighted by molar-refractivity contribution is 7.80. The first kappa shape index (κ1) is 17.1. The number of likely N-dealkylation sites (N-methyl/N-ethyl adjacent to an activating group) is 1. The van der Waals surface area contributed by atoms with Gasteiger partial charge in [0.2, 0.25) is 5.91 Å². The summed E-state index contributed by atoms with van der Waals surface area (Å²) in [6.07, 6.45) is 0. The third-order valence-corrected chi connectivity index (χ3v) is 2.82. The summed E-state index contributed by atoms with van der Waals surface area (Å²) in [5.41, 5.74) is 0. The lowest BCUT2D eigenvalue weighted by Gasteiger charge is -2.25. The van der Waals surface area contributed by atoms with Crippen LogP contribution < -0.4 is 10.6 Å². The predicted molar refractivity (Wildman–Crippen MR) is 77.6 cm³/mol. The average Bonchev–Trinajstić information content (AvgIpc) is 2.30. The summed E-state index contributed by atoms with van der Waals surface area (Å²) in [6.45, 7) is 9.70. The van der Waals surface area contributed by atoms with E-state index in [2.05, 4.69) is 10.6 Å². The quantitative estimate of drug-likeness (QED) is 0.671. The fourth-order valence-corrected chi connectivity index (χ4v) is 2.00. The van der Waals surface area contributed by atoms with E-state index in [1.54, 1.807) is 12.0 Å². The van der Waals surface area contributed by atoms with Gasteiger partial charge in [-0.3, -0.25) is 4.79 Å². The highest BCUT2D eigenvalue weighted by atomic mass is 32.1. The second-order valence-corrected chi connectivity index (χ2v) is 4.61.